The van der Waals surface area contributed by atoms with E-state index in [0.717, 1.165) is 25.9 Å². The van der Waals surface area contributed by atoms with E-state index < -0.39 is 4.92 Å². The first-order valence-electron chi connectivity index (χ1n) is 5.94. The Balaban J connectivity index is 1.94. The first-order valence-corrected chi connectivity index (χ1v) is 6.32. The van der Waals surface area contributed by atoms with Crippen LogP contribution in [0.1, 0.15) is 12.8 Å². The number of nitrogens with one attached hydrogen (secondary N) is 1. The molecule has 1 fully saturated rings. The number of ether oxygens (including phenoxy) is 1. The summed E-state index contributed by atoms with van der Waals surface area (Å²) in [6.07, 6.45) is 2.29. The number of non-ortho nitro benzene ring substituents is 1. The molecule has 1 atom stereocenters. The van der Waals surface area contributed by atoms with Gasteiger partial charge in [0, 0.05) is 24.6 Å². The van der Waals surface area contributed by atoms with Crippen LogP contribution >= 0.6 is 11.6 Å². The van der Waals surface area contributed by atoms with E-state index in [2.05, 4.69) is 5.32 Å². The highest BCUT2D eigenvalue weighted by atomic mass is 35.5. The third-order valence-electron chi connectivity index (χ3n) is 3.00. The molecule has 0 amide bonds. The molecule has 1 aromatic rings. The molecule has 6 heteroatoms. The summed E-state index contributed by atoms with van der Waals surface area (Å²) in [6.45, 7) is 2.60. The minimum absolute atomic E-state index is 0.0216. The van der Waals surface area contributed by atoms with Crippen molar-refractivity contribution in [1.82, 2.24) is 5.32 Å². The zero-order valence-corrected chi connectivity index (χ0v) is 10.7. The second-order valence-electron chi connectivity index (χ2n) is 4.40. The SMILES string of the molecule is O=[N+]([O-])c1ccc(OCC2CCCNC2)c(Cl)c1. The van der Waals surface area contributed by atoms with Gasteiger partial charge in [-0.1, -0.05) is 11.6 Å². The van der Waals surface area contributed by atoms with Gasteiger partial charge in [-0.3, -0.25) is 10.1 Å². The van der Waals surface area contributed by atoms with Gasteiger partial charge >= 0.3 is 0 Å². The van der Waals surface area contributed by atoms with Gasteiger partial charge in [0.05, 0.1) is 16.6 Å². The number of hydrogen-bond acceptors (Lipinski definition) is 4. The molecule has 1 heterocycles. The molecule has 1 N–H and O–H groups in total. The van der Waals surface area contributed by atoms with Crippen molar-refractivity contribution in [2.45, 2.75) is 12.8 Å². The molecule has 18 heavy (non-hydrogen) atoms. The Morgan fingerprint density at radius 2 is 2.39 bits per heavy atom. The molecule has 1 saturated heterocycles. The highest BCUT2D eigenvalue weighted by molar-refractivity contribution is 6.32. The molecular formula is C12H15ClN2O3. The molecule has 0 saturated carbocycles. The summed E-state index contributed by atoms with van der Waals surface area (Å²) in [7, 11) is 0. The predicted molar refractivity (Wildman–Crippen MR) is 69.2 cm³/mol. The van der Waals surface area contributed by atoms with Crippen molar-refractivity contribution in [3.63, 3.8) is 0 Å². The van der Waals surface area contributed by atoms with Crippen LogP contribution in [0, 0.1) is 16.0 Å². The van der Waals surface area contributed by atoms with Crippen molar-refractivity contribution in [3.8, 4) is 5.75 Å². The first-order chi connectivity index (χ1) is 8.66. The largest absolute Gasteiger partial charge is 0.492 e. The zero-order chi connectivity index (χ0) is 13.0. The minimum Gasteiger partial charge on any atom is -0.492 e. The third kappa shape index (κ3) is 3.34. The van der Waals surface area contributed by atoms with Crippen molar-refractivity contribution in [1.29, 1.82) is 0 Å². The van der Waals surface area contributed by atoms with E-state index in [-0.39, 0.29) is 10.7 Å². The lowest BCUT2D eigenvalue weighted by Gasteiger charge is -2.22. The topological polar surface area (TPSA) is 64.4 Å². The second kappa shape index (κ2) is 6.02. The maximum atomic E-state index is 10.6. The normalized spacial score (nSPS) is 19.5. The Morgan fingerprint density at radius 3 is 3.00 bits per heavy atom. The van der Waals surface area contributed by atoms with Gasteiger partial charge in [-0.25, -0.2) is 0 Å². The average molecular weight is 271 g/mol. The number of nitrogens with zero attached hydrogens (tertiary/aromatic N) is 1. The smallest absolute Gasteiger partial charge is 0.271 e. The molecule has 0 spiro atoms. The van der Waals surface area contributed by atoms with E-state index in [1.807, 2.05) is 0 Å². The summed E-state index contributed by atoms with van der Waals surface area (Å²) in [5, 5.41) is 14.2. The lowest BCUT2D eigenvalue weighted by Crippen LogP contribution is -2.33. The molecule has 5 nitrogen and oxygen atoms in total. The van der Waals surface area contributed by atoms with Crippen molar-refractivity contribution < 1.29 is 9.66 Å². The van der Waals surface area contributed by atoms with Crippen LogP contribution < -0.4 is 10.1 Å². The molecule has 1 aliphatic rings. The number of halogens is 1. The number of benzene rings is 1. The molecule has 0 radical (unpaired) electrons. The van der Waals surface area contributed by atoms with E-state index in [1.54, 1.807) is 6.07 Å². The fraction of sp³-hybridized carbons (Fsp3) is 0.500. The Labute approximate surface area is 110 Å². The van der Waals surface area contributed by atoms with Gasteiger partial charge in [-0.2, -0.15) is 0 Å². The average Bonchev–Trinajstić information content (AvgIpc) is 2.38. The van der Waals surface area contributed by atoms with Crippen molar-refractivity contribution in [2.75, 3.05) is 19.7 Å². The van der Waals surface area contributed by atoms with E-state index in [9.17, 15) is 10.1 Å². The second-order valence-corrected chi connectivity index (χ2v) is 4.80. The number of nitro groups is 1. The Hall–Kier alpha value is -1.33. The van der Waals surface area contributed by atoms with Crippen LogP contribution in [0.15, 0.2) is 18.2 Å². The monoisotopic (exact) mass is 270 g/mol. The summed E-state index contributed by atoms with van der Waals surface area (Å²) >= 11 is 5.95. The maximum Gasteiger partial charge on any atom is 0.271 e. The zero-order valence-electron chi connectivity index (χ0n) is 9.89. The Bertz CT molecular complexity index is 433. The minimum atomic E-state index is -0.472. The lowest BCUT2D eigenvalue weighted by atomic mass is 10.0. The number of piperidine rings is 1. The highest BCUT2D eigenvalue weighted by Gasteiger charge is 2.15. The number of hydrogen-bond donors (Lipinski definition) is 1. The first kappa shape index (κ1) is 13.1. The molecule has 2 rings (SSSR count). The van der Waals surface area contributed by atoms with Crippen LogP contribution in [0.2, 0.25) is 5.02 Å². The summed E-state index contributed by atoms with van der Waals surface area (Å²) in [5.41, 5.74) is -0.0216. The summed E-state index contributed by atoms with van der Waals surface area (Å²) in [4.78, 5) is 10.1. The molecule has 0 aromatic heterocycles. The van der Waals surface area contributed by atoms with Crippen LogP contribution in [0.4, 0.5) is 5.69 Å². The number of rotatable bonds is 4. The molecule has 1 unspecified atom stereocenters. The van der Waals surface area contributed by atoms with Crippen molar-refractivity contribution in [2.24, 2.45) is 5.92 Å². The van der Waals surface area contributed by atoms with E-state index in [0.29, 0.717) is 18.3 Å². The van der Waals surface area contributed by atoms with Crippen LogP contribution in [0.25, 0.3) is 0 Å². The number of nitro benzene ring substituents is 1. The quantitative estimate of drug-likeness (QED) is 0.675. The standard InChI is InChI=1S/C12H15ClN2O3/c13-11-6-10(15(16)17)3-4-12(11)18-8-9-2-1-5-14-7-9/h3-4,6,9,14H,1-2,5,7-8H2. The van der Waals surface area contributed by atoms with Gasteiger partial charge in [-0.15, -0.1) is 0 Å². The Morgan fingerprint density at radius 1 is 1.56 bits per heavy atom. The van der Waals surface area contributed by atoms with E-state index in [4.69, 9.17) is 16.3 Å². The summed E-state index contributed by atoms with van der Waals surface area (Å²) in [6, 6.07) is 4.27. The van der Waals surface area contributed by atoms with E-state index in [1.165, 1.54) is 12.1 Å². The summed E-state index contributed by atoms with van der Waals surface area (Å²) in [5.74, 6) is 0.984. The van der Waals surface area contributed by atoms with Gasteiger partial charge in [0.2, 0.25) is 0 Å². The van der Waals surface area contributed by atoms with Gasteiger partial charge < -0.3 is 10.1 Å². The van der Waals surface area contributed by atoms with Gasteiger partial charge in [0.1, 0.15) is 5.75 Å². The van der Waals surface area contributed by atoms with Crippen molar-refractivity contribution >= 4 is 17.3 Å². The fourth-order valence-electron chi connectivity index (χ4n) is 1.99. The van der Waals surface area contributed by atoms with Crippen LogP contribution in [0.3, 0.4) is 0 Å². The molecule has 98 valence electrons. The van der Waals surface area contributed by atoms with Crippen LogP contribution in [-0.2, 0) is 0 Å². The lowest BCUT2D eigenvalue weighted by molar-refractivity contribution is -0.384. The van der Waals surface area contributed by atoms with Gasteiger partial charge in [0.25, 0.3) is 5.69 Å². The molecule has 1 aromatic carbocycles. The van der Waals surface area contributed by atoms with Gasteiger partial charge in [0.15, 0.2) is 0 Å². The fourth-order valence-corrected chi connectivity index (χ4v) is 2.22. The third-order valence-corrected chi connectivity index (χ3v) is 3.30. The van der Waals surface area contributed by atoms with E-state index >= 15 is 0 Å². The highest BCUT2D eigenvalue weighted by Crippen LogP contribution is 2.29. The van der Waals surface area contributed by atoms with Crippen molar-refractivity contribution in [3.05, 3.63) is 33.3 Å². The maximum absolute atomic E-state index is 10.6. The molecule has 0 bridgehead atoms. The van der Waals surface area contributed by atoms with Crippen LogP contribution in [0.5, 0.6) is 5.75 Å². The van der Waals surface area contributed by atoms with Crippen LogP contribution in [-0.4, -0.2) is 24.6 Å². The molecule has 1 aliphatic heterocycles. The molecule has 0 aliphatic carbocycles. The predicted octanol–water partition coefficient (Wildman–Crippen LogP) is 2.63. The Kier molecular flexibility index (Phi) is 4.38. The summed E-state index contributed by atoms with van der Waals surface area (Å²) < 4.78 is 5.62. The van der Waals surface area contributed by atoms with Gasteiger partial charge in [-0.05, 0) is 25.5 Å². The molecular weight excluding hydrogens is 256 g/mol.